The molecule has 21 heavy (non-hydrogen) atoms. The Hall–Kier alpha value is -1.56. The van der Waals surface area contributed by atoms with Gasteiger partial charge in [0.25, 0.3) is 0 Å². The Morgan fingerprint density at radius 2 is 2.33 bits per heavy atom. The lowest BCUT2D eigenvalue weighted by atomic mass is 9.95. The lowest BCUT2D eigenvalue weighted by Gasteiger charge is -2.25. The van der Waals surface area contributed by atoms with Gasteiger partial charge in [0.15, 0.2) is 5.16 Å². The normalized spacial score (nSPS) is 27.5. The van der Waals surface area contributed by atoms with E-state index in [0.29, 0.717) is 6.04 Å². The zero-order chi connectivity index (χ0) is 14.4. The maximum atomic E-state index is 10.9. The van der Waals surface area contributed by atoms with Gasteiger partial charge in [0.2, 0.25) is 0 Å². The van der Waals surface area contributed by atoms with E-state index in [4.69, 9.17) is 5.11 Å². The molecule has 2 saturated carbocycles. The lowest BCUT2D eigenvalue weighted by Crippen LogP contribution is -2.17. The molecule has 2 aromatic rings. The van der Waals surface area contributed by atoms with E-state index in [-0.39, 0.29) is 5.75 Å². The molecule has 3 atom stereocenters. The molecule has 0 aromatic carbocycles. The van der Waals surface area contributed by atoms with E-state index in [9.17, 15) is 4.79 Å². The third kappa shape index (κ3) is 2.21. The van der Waals surface area contributed by atoms with Gasteiger partial charge in [-0.2, -0.15) is 0 Å². The van der Waals surface area contributed by atoms with Gasteiger partial charge in [-0.3, -0.25) is 9.78 Å². The van der Waals surface area contributed by atoms with Crippen LogP contribution >= 0.6 is 11.8 Å². The minimum absolute atomic E-state index is 0.0531. The van der Waals surface area contributed by atoms with Crippen molar-refractivity contribution in [2.75, 3.05) is 5.75 Å². The van der Waals surface area contributed by atoms with Crippen LogP contribution in [0.15, 0.2) is 23.6 Å². The average molecular weight is 303 g/mol. The quantitative estimate of drug-likeness (QED) is 0.879. The number of nitrogens with zero attached hydrogens (tertiary/aromatic N) is 3. The molecule has 2 heterocycles. The number of rotatable bonds is 4. The molecule has 2 aliphatic carbocycles. The summed E-state index contributed by atoms with van der Waals surface area (Å²) >= 11 is 1.32. The van der Waals surface area contributed by atoms with Crippen LogP contribution in [0.1, 0.15) is 31.7 Å². The number of imidazole rings is 1. The summed E-state index contributed by atoms with van der Waals surface area (Å²) in [7, 11) is 0. The molecule has 2 fully saturated rings. The van der Waals surface area contributed by atoms with Gasteiger partial charge in [0, 0.05) is 12.2 Å². The van der Waals surface area contributed by atoms with Crippen molar-refractivity contribution < 1.29 is 9.90 Å². The molecule has 0 saturated heterocycles. The molecule has 2 aromatic heterocycles. The van der Waals surface area contributed by atoms with Gasteiger partial charge in [0.05, 0.1) is 17.5 Å². The molecular weight excluding hydrogens is 286 g/mol. The van der Waals surface area contributed by atoms with Gasteiger partial charge in [-0.05, 0) is 37.2 Å². The van der Waals surface area contributed by atoms with Crippen LogP contribution in [-0.2, 0) is 4.79 Å². The SMILES string of the molecule is O=C(O)CSc1nc2cnccc2n1C1CC2CCC1C2. The molecule has 110 valence electrons. The van der Waals surface area contributed by atoms with E-state index in [1.807, 2.05) is 6.07 Å². The number of thioether (sulfide) groups is 1. The number of pyridine rings is 1. The van der Waals surface area contributed by atoms with Gasteiger partial charge in [-0.25, -0.2) is 4.98 Å². The zero-order valence-electron chi connectivity index (χ0n) is 11.6. The molecule has 0 aliphatic heterocycles. The molecule has 6 heteroatoms. The Morgan fingerprint density at radius 3 is 3.05 bits per heavy atom. The van der Waals surface area contributed by atoms with Crippen LogP contribution in [0.25, 0.3) is 11.0 Å². The largest absolute Gasteiger partial charge is 0.481 e. The van der Waals surface area contributed by atoms with E-state index in [1.165, 1.54) is 37.4 Å². The van der Waals surface area contributed by atoms with Gasteiger partial charge in [-0.1, -0.05) is 18.2 Å². The highest BCUT2D eigenvalue weighted by atomic mass is 32.2. The van der Waals surface area contributed by atoms with Crippen molar-refractivity contribution in [3.05, 3.63) is 18.5 Å². The van der Waals surface area contributed by atoms with Crippen molar-refractivity contribution in [3.8, 4) is 0 Å². The summed E-state index contributed by atoms with van der Waals surface area (Å²) < 4.78 is 2.29. The maximum Gasteiger partial charge on any atom is 0.313 e. The molecule has 1 N–H and O–H groups in total. The Kier molecular flexibility index (Phi) is 3.14. The first-order valence-corrected chi connectivity index (χ1v) is 8.37. The number of fused-ring (bicyclic) bond motifs is 3. The topological polar surface area (TPSA) is 68.0 Å². The van der Waals surface area contributed by atoms with Crippen LogP contribution in [0.3, 0.4) is 0 Å². The number of hydrogen-bond donors (Lipinski definition) is 1. The molecule has 0 spiro atoms. The van der Waals surface area contributed by atoms with Crippen LogP contribution in [0.2, 0.25) is 0 Å². The minimum Gasteiger partial charge on any atom is -0.481 e. The third-order valence-electron chi connectivity index (χ3n) is 4.82. The number of carboxylic acids is 1. The van der Waals surface area contributed by atoms with Crippen molar-refractivity contribution in [2.24, 2.45) is 11.8 Å². The molecule has 2 aliphatic rings. The second kappa shape index (κ2) is 5.02. The first-order valence-electron chi connectivity index (χ1n) is 7.39. The van der Waals surface area contributed by atoms with Gasteiger partial charge >= 0.3 is 5.97 Å². The summed E-state index contributed by atoms with van der Waals surface area (Å²) in [6.07, 6.45) is 8.73. The molecule has 0 amide bonds. The molecular formula is C15H17N3O2S. The number of carbonyl (C=O) groups is 1. The molecule has 3 unspecified atom stereocenters. The van der Waals surface area contributed by atoms with Gasteiger partial charge in [0.1, 0.15) is 5.52 Å². The standard InChI is InChI=1S/C15H17N3O2S/c19-14(20)8-21-15-17-11-7-16-4-3-12(11)18(15)13-6-9-1-2-10(13)5-9/h3-4,7,9-10,13H,1-2,5-6,8H2,(H,19,20). The summed E-state index contributed by atoms with van der Waals surface area (Å²) in [5.41, 5.74) is 1.96. The zero-order valence-corrected chi connectivity index (χ0v) is 12.4. The first kappa shape index (κ1) is 13.1. The van der Waals surface area contributed by atoms with Gasteiger partial charge < -0.3 is 9.67 Å². The fourth-order valence-electron chi connectivity index (χ4n) is 4.00. The van der Waals surface area contributed by atoms with Crippen molar-refractivity contribution in [3.63, 3.8) is 0 Å². The van der Waals surface area contributed by atoms with Crippen molar-refractivity contribution in [2.45, 2.75) is 36.9 Å². The Bertz CT molecular complexity index is 699. The van der Waals surface area contributed by atoms with Crippen molar-refractivity contribution in [1.82, 2.24) is 14.5 Å². The molecule has 2 bridgehead atoms. The fourth-order valence-corrected chi connectivity index (χ4v) is 4.79. The van der Waals surface area contributed by atoms with Crippen molar-refractivity contribution in [1.29, 1.82) is 0 Å². The summed E-state index contributed by atoms with van der Waals surface area (Å²) in [6.45, 7) is 0. The van der Waals surface area contributed by atoms with Crippen LogP contribution in [0.4, 0.5) is 0 Å². The Morgan fingerprint density at radius 1 is 1.43 bits per heavy atom. The highest BCUT2D eigenvalue weighted by Gasteiger charge is 2.41. The van der Waals surface area contributed by atoms with E-state index in [1.54, 1.807) is 12.4 Å². The summed E-state index contributed by atoms with van der Waals surface area (Å²) in [6, 6.07) is 2.48. The predicted molar refractivity (Wildman–Crippen MR) is 80.4 cm³/mol. The number of aromatic nitrogens is 3. The predicted octanol–water partition coefficient (Wildman–Crippen LogP) is 2.97. The van der Waals surface area contributed by atoms with E-state index >= 15 is 0 Å². The summed E-state index contributed by atoms with van der Waals surface area (Å²) in [4.78, 5) is 19.6. The van der Waals surface area contributed by atoms with Crippen LogP contribution < -0.4 is 0 Å². The smallest absolute Gasteiger partial charge is 0.313 e. The monoisotopic (exact) mass is 303 g/mol. The van der Waals surface area contributed by atoms with Crippen molar-refractivity contribution >= 4 is 28.8 Å². The summed E-state index contributed by atoms with van der Waals surface area (Å²) in [5, 5.41) is 9.77. The first-order chi connectivity index (χ1) is 10.2. The van der Waals surface area contributed by atoms with E-state index in [2.05, 4.69) is 14.5 Å². The summed E-state index contributed by atoms with van der Waals surface area (Å²) in [5.74, 6) is 0.823. The van der Waals surface area contributed by atoms with E-state index in [0.717, 1.165) is 28.0 Å². The second-order valence-electron chi connectivity index (χ2n) is 6.05. The lowest BCUT2D eigenvalue weighted by molar-refractivity contribution is -0.133. The van der Waals surface area contributed by atoms with E-state index < -0.39 is 5.97 Å². The van der Waals surface area contributed by atoms with Crippen LogP contribution in [0, 0.1) is 11.8 Å². The van der Waals surface area contributed by atoms with Crippen LogP contribution in [-0.4, -0.2) is 31.4 Å². The number of aliphatic carboxylic acids is 1. The Balaban J connectivity index is 1.77. The van der Waals surface area contributed by atoms with Gasteiger partial charge in [-0.15, -0.1) is 0 Å². The molecule has 0 radical (unpaired) electrons. The fraction of sp³-hybridized carbons (Fsp3) is 0.533. The highest BCUT2D eigenvalue weighted by molar-refractivity contribution is 7.99. The average Bonchev–Trinajstić information content (AvgIpc) is 3.17. The number of hydrogen-bond acceptors (Lipinski definition) is 4. The molecule has 4 rings (SSSR count). The third-order valence-corrected chi connectivity index (χ3v) is 5.75. The highest BCUT2D eigenvalue weighted by Crippen LogP contribution is 2.52. The van der Waals surface area contributed by atoms with Crippen LogP contribution in [0.5, 0.6) is 0 Å². The minimum atomic E-state index is -0.801. The number of carboxylic acid groups (broad SMARTS) is 1. The maximum absolute atomic E-state index is 10.9. The molecule has 5 nitrogen and oxygen atoms in total. The Labute approximate surface area is 126 Å². The second-order valence-corrected chi connectivity index (χ2v) is 7.00.